The van der Waals surface area contributed by atoms with Gasteiger partial charge in [-0.1, -0.05) is 0 Å². The molecule has 1 heterocycles. The summed E-state index contributed by atoms with van der Waals surface area (Å²) in [7, 11) is 0. The van der Waals surface area contributed by atoms with Gasteiger partial charge < -0.3 is 0 Å². The van der Waals surface area contributed by atoms with Gasteiger partial charge in [0.1, 0.15) is 6.33 Å². The van der Waals surface area contributed by atoms with Crippen LogP contribution in [0, 0.1) is 0 Å². The van der Waals surface area contributed by atoms with E-state index in [2.05, 4.69) is 15.2 Å². The van der Waals surface area contributed by atoms with E-state index in [1.165, 1.54) is 6.33 Å². The molecule has 1 aromatic heterocycles. The molecule has 0 aliphatic rings. The van der Waals surface area contributed by atoms with Crippen LogP contribution in [-0.2, 0) is 0 Å². The normalized spacial score (nSPS) is 8.67. The minimum atomic E-state index is -0.269. The van der Waals surface area contributed by atoms with Gasteiger partial charge in [-0.05, 0) is 0 Å². The quantitative estimate of drug-likeness (QED) is 0.430. The molecule has 0 bridgehead atoms. The summed E-state index contributed by atoms with van der Waals surface area (Å²) >= 11 is 0. The second-order valence-corrected chi connectivity index (χ2v) is 0.843. The molecule has 0 atom stereocenters. The first-order valence-corrected chi connectivity index (χ1v) is 1.47. The summed E-state index contributed by atoms with van der Waals surface area (Å²) < 4.78 is 0. The Kier molecular flexibility index (Phi) is 0.506. The summed E-state index contributed by atoms with van der Waals surface area (Å²) in [5.41, 5.74) is -0.269. The number of nitrogens with one attached hydrogen (secondary N) is 2. The third-order valence-electron chi connectivity index (χ3n) is 0.426. The van der Waals surface area contributed by atoms with Crippen LogP contribution in [0.25, 0.3) is 0 Å². The van der Waals surface area contributed by atoms with Crippen molar-refractivity contribution in [2.45, 2.75) is 0 Å². The summed E-state index contributed by atoms with van der Waals surface area (Å²) in [5, 5.41) is 5.47. The molecular weight excluding hydrogens is 84.0 g/mol. The van der Waals surface area contributed by atoms with Crippen LogP contribution < -0.4 is 5.69 Å². The van der Waals surface area contributed by atoms with Gasteiger partial charge in [-0.15, -0.1) is 0 Å². The number of nitrogens with zero attached hydrogens (tertiary/aromatic N) is 1. The zero-order valence-electron chi connectivity index (χ0n) is 2.93. The van der Waals surface area contributed by atoms with Crippen molar-refractivity contribution in [2.24, 2.45) is 0 Å². The third kappa shape index (κ3) is 0.314. The Balaban J connectivity index is 3.41. The topological polar surface area (TPSA) is 61.5 Å². The van der Waals surface area contributed by atoms with Crippen LogP contribution in [0.3, 0.4) is 0 Å². The lowest BCUT2D eigenvalue weighted by atomic mass is 11.4. The fourth-order valence-corrected chi connectivity index (χ4v) is 0.214. The summed E-state index contributed by atoms with van der Waals surface area (Å²) in [6, 6.07) is 0. The molecule has 4 nitrogen and oxygen atoms in total. The number of H-pyrrole nitrogens is 2. The molecule has 0 saturated heterocycles. The Bertz CT molecular complexity index is 147. The Morgan fingerprint density at radius 1 is 1.83 bits per heavy atom. The summed E-state index contributed by atoms with van der Waals surface area (Å²) in [6.07, 6.45) is 1.29. The Hall–Kier alpha value is -1.06. The first kappa shape index (κ1) is 3.14. The Morgan fingerprint density at radius 2 is 2.67 bits per heavy atom. The van der Waals surface area contributed by atoms with Crippen LogP contribution in [0.5, 0.6) is 0 Å². The number of hydrogen-bond acceptors (Lipinski definition) is 2. The molecule has 1 rings (SSSR count). The fraction of sp³-hybridized carbons (Fsp3) is 0. The molecule has 0 aliphatic heterocycles. The molecule has 0 radical (unpaired) electrons. The van der Waals surface area contributed by atoms with Crippen molar-refractivity contribution in [1.82, 2.24) is 15.2 Å². The van der Waals surface area contributed by atoms with E-state index in [1.807, 2.05) is 0 Å². The van der Waals surface area contributed by atoms with Gasteiger partial charge in [0.15, 0.2) is 0 Å². The smallest absolute Gasteiger partial charge is 0.296 e. The number of hydrogen-bond donors (Lipinski definition) is 2. The van der Waals surface area contributed by atoms with Crippen molar-refractivity contribution in [3.05, 3.63) is 16.8 Å². The summed E-state index contributed by atoms with van der Waals surface area (Å²) in [5.74, 6) is 0. The zero-order valence-corrected chi connectivity index (χ0v) is 2.93. The van der Waals surface area contributed by atoms with Crippen molar-refractivity contribution < 1.29 is 0 Å². The highest BCUT2D eigenvalue weighted by atomic mass is 16.2. The van der Waals surface area contributed by atoms with E-state index in [0.29, 0.717) is 0 Å². The van der Waals surface area contributed by atoms with Gasteiger partial charge in [0.05, 0.1) is 0 Å². The Morgan fingerprint density at radius 3 is 2.83 bits per heavy atom. The number of aromatic amines is 2. The van der Waals surface area contributed by atoms with Gasteiger partial charge in [0.25, 0.3) is 0 Å². The largest absolute Gasteiger partial charge is 0.340 e. The average Bonchev–Trinajstić information content (AvgIpc) is 1.86. The SMILES string of the molecule is O=c1[nH][14cH]n[nH]1. The van der Waals surface area contributed by atoms with Crippen LogP contribution in [0.1, 0.15) is 0 Å². The minimum Gasteiger partial charge on any atom is -0.296 e. The lowest BCUT2D eigenvalue weighted by Crippen LogP contribution is -1.99. The highest BCUT2D eigenvalue weighted by molar-refractivity contribution is 4.48. The van der Waals surface area contributed by atoms with Gasteiger partial charge in [0.2, 0.25) is 0 Å². The van der Waals surface area contributed by atoms with Gasteiger partial charge in [-0.25, -0.2) is 9.89 Å². The molecule has 1 aromatic rings. The minimum absolute atomic E-state index is 0.269. The lowest BCUT2D eigenvalue weighted by Gasteiger charge is -1.49. The monoisotopic (exact) mass is 87.0 g/mol. The summed E-state index contributed by atoms with van der Waals surface area (Å²) in [4.78, 5) is 12.2. The maximum atomic E-state index is 9.90. The third-order valence-corrected chi connectivity index (χ3v) is 0.426. The van der Waals surface area contributed by atoms with Crippen molar-refractivity contribution in [3.8, 4) is 0 Å². The van der Waals surface area contributed by atoms with Gasteiger partial charge >= 0.3 is 5.69 Å². The van der Waals surface area contributed by atoms with Crippen LogP contribution in [0.15, 0.2) is 11.1 Å². The van der Waals surface area contributed by atoms with Gasteiger partial charge in [-0.2, -0.15) is 5.10 Å². The second-order valence-electron chi connectivity index (χ2n) is 0.843. The van der Waals surface area contributed by atoms with E-state index in [4.69, 9.17) is 0 Å². The molecule has 32 valence electrons. The first-order chi connectivity index (χ1) is 2.89. The molecule has 0 saturated carbocycles. The van der Waals surface area contributed by atoms with E-state index < -0.39 is 0 Å². The molecular formula is C2H3N3O. The highest BCUT2D eigenvalue weighted by Gasteiger charge is 1.70. The maximum Gasteiger partial charge on any atom is 0.340 e. The zero-order chi connectivity index (χ0) is 4.41. The molecule has 0 amide bonds. The molecule has 0 unspecified atom stereocenters. The van der Waals surface area contributed by atoms with Crippen molar-refractivity contribution >= 4 is 0 Å². The first-order valence-electron chi connectivity index (χ1n) is 1.47. The van der Waals surface area contributed by atoms with E-state index >= 15 is 0 Å². The van der Waals surface area contributed by atoms with Gasteiger partial charge in [-0.3, -0.25) is 4.98 Å². The van der Waals surface area contributed by atoms with Crippen LogP contribution >= 0.6 is 0 Å². The van der Waals surface area contributed by atoms with Crippen molar-refractivity contribution in [1.29, 1.82) is 0 Å². The average molecular weight is 87.1 g/mol. The molecule has 0 aromatic carbocycles. The molecule has 4 heteroatoms. The van der Waals surface area contributed by atoms with E-state index in [0.717, 1.165) is 0 Å². The second kappa shape index (κ2) is 0.965. The summed E-state index contributed by atoms with van der Waals surface area (Å²) in [6.45, 7) is 0. The van der Waals surface area contributed by atoms with Crippen molar-refractivity contribution in [2.75, 3.05) is 0 Å². The fourth-order valence-electron chi connectivity index (χ4n) is 0.214. The van der Waals surface area contributed by atoms with Crippen LogP contribution in [0.4, 0.5) is 0 Å². The van der Waals surface area contributed by atoms with Gasteiger partial charge in [0, 0.05) is 0 Å². The molecule has 0 fully saturated rings. The maximum absolute atomic E-state index is 9.90. The molecule has 0 aliphatic carbocycles. The lowest BCUT2D eigenvalue weighted by molar-refractivity contribution is 1.05. The van der Waals surface area contributed by atoms with E-state index in [9.17, 15) is 4.79 Å². The van der Waals surface area contributed by atoms with Crippen molar-refractivity contribution in [3.63, 3.8) is 0 Å². The Labute approximate surface area is 33.2 Å². The standard InChI is InChI=1S/C2H3N3O/c6-2-3-1-4-5-2/h1H,(H2,3,4,5,6)/i1+2. The van der Waals surface area contributed by atoms with E-state index in [-0.39, 0.29) is 5.69 Å². The molecule has 0 spiro atoms. The predicted molar refractivity (Wildman–Crippen MR) is 19.2 cm³/mol. The van der Waals surface area contributed by atoms with E-state index in [1.54, 1.807) is 0 Å². The van der Waals surface area contributed by atoms with Crippen LogP contribution in [-0.4, -0.2) is 15.2 Å². The highest BCUT2D eigenvalue weighted by Crippen LogP contribution is 1.42. The molecule has 6 heavy (non-hydrogen) atoms. The van der Waals surface area contributed by atoms with Crippen LogP contribution in [0.2, 0.25) is 0 Å². The number of aromatic nitrogens is 3. The molecule has 2 N–H and O–H groups in total. The number of rotatable bonds is 0. The predicted octanol–water partition coefficient (Wildman–Crippen LogP) is -0.902.